The van der Waals surface area contributed by atoms with Gasteiger partial charge in [-0.3, -0.25) is 4.98 Å². The average Bonchev–Trinajstić information content (AvgIpc) is 2.55. The molecule has 0 amide bonds. The Morgan fingerprint density at radius 2 is 1.86 bits per heavy atom. The van der Waals surface area contributed by atoms with Crippen molar-refractivity contribution >= 4 is 0 Å². The molecule has 0 saturated heterocycles. The molecule has 0 atom stereocenters. The van der Waals surface area contributed by atoms with E-state index in [1.807, 2.05) is 18.3 Å². The van der Waals surface area contributed by atoms with Crippen LogP contribution in [0.2, 0.25) is 0 Å². The van der Waals surface area contributed by atoms with Crippen molar-refractivity contribution in [2.75, 3.05) is 7.11 Å². The summed E-state index contributed by atoms with van der Waals surface area (Å²) in [5, 5.41) is 0. The molecule has 0 unspecified atom stereocenters. The Hall–Kier alpha value is -1.90. The molecule has 1 heterocycles. The number of halogens is 1. The predicted molar refractivity (Wildman–Crippen MR) is 88.6 cm³/mol. The van der Waals surface area contributed by atoms with Gasteiger partial charge in [-0.05, 0) is 42.7 Å². The lowest BCUT2D eigenvalue weighted by Crippen LogP contribution is -1.92. The fraction of sp³-hybridized carbons (Fsp3) is 0.421. The van der Waals surface area contributed by atoms with Crippen LogP contribution in [0.5, 0.6) is 5.75 Å². The van der Waals surface area contributed by atoms with Gasteiger partial charge in [0.05, 0.1) is 12.8 Å². The average molecular weight is 301 g/mol. The molecule has 118 valence electrons. The normalized spacial score (nSPS) is 10.7. The number of unbranched alkanes of at least 4 members (excludes halogenated alkanes) is 4. The molecule has 0 spiro atoms. The summed E-state index contributed by atoms with van der Waals surface area (Å²) in [6.45, 7) is 2.23. The third kappa shape index (κ3) is 4.55. The fourth-order valence-corrected chi connectivity index (χ4v) is 2.50. The minimum Gasteiger partial charge on any atom is -0.494 e. The SMILES string of the molecule is CCCCCCCc1ccc(-c2ccc(OC)c(F)c2)nc1. The molecule has 0 aliphatic heterocycles. The first-order valence-electron chi connectivity index (χ1n) is 8.03. The van der Waals surface area contributed by atoms with Crippen molar-refractivity contribution in [2.24, 2.45) is 0 Å². The van der Waals surface area contributed by atoms with E-state index < -0.39 is 0 Å². The van der Waals surface area contributed by atoms with Gasteiger partial charge in [-0.2, -0.15) is 0 Å². The largest absolute Gasteiger partial charge is 0.494 e. The van der Waals surface area contributed by atoms with Crippen molar-refractivity contribution in [3.8, 4) is 17.0 Å². The Morgan fingerprint density at radius 1 is 1.05 bits per heavy atom. The zero-order valence-corrected chi connectivity index (χ0v) is 13.4. The summed E-state index contributed by atoms with van der Waals surface area (Å²) in [4.78, 5) is 4.45. The smallest absolute Gasteiger partial charge is 0.165 e. The van der Waals surface area contributed by atoms with Gasteiger partial charge in [-0.15, -0.1) is 0 Å². The van der Waals surface area contributed by atoms with Gasteiger partial charge >= 0.3 is 0 Å². The van der Waals surface area contributed by atoms with E-state index in [2.05, 4.69) is 18.0 Å². The topological polar surface area (TPSA) is 22.1 Å². The second kappa shape index (κ2) is 8.52. The molecule has 0 saturated carbocycles. The van der Waals surface area contributed by atoms with Crippen LogP contribution in [0.3, 0.4) is 0 Å². The van der Waals surface area contributed by atoms with Crippen molar-refractivity contribution < 1.29 is 9.13 Å². The number of ether oxygens (including phenoxy) is 1. The van der Waals surface area contributed by atoms with E-state index in [0.717, 1.165) is 17.7 Å². The highest BCUT2D eigenvalue weighted by atomic mass is 19.1. The molecule has 3 heteroatoms. The molecule has 2 rings (SSSR count). The van der Waals surface area contributed by atoms with Crippen LogP contribution in [0, 0.1) is 5.82 Å². The lowest BCUT2D eigenvalue weighted by molar-refractivity contribution is 0.386. The second-order valence-corrected chi connectivity index (χ2v) is 5.57. The lowest BCUT2D eigenvalue weighted by atomic mass is 10.1. The second-order valence-electron chi connectivity index (χ2n) is 5.57. The third-order valence-corrected chi connectivity index (χ3v) is 3.84. The zero-order chi connectivity index (χ0) is 15.8. The standard InChI is InChI=1S/C19H24FNO/c1-3-4-5-6-7-8-15-9-11-18(21-14-15)16-10-12-19(22-2)17(20)13-16/h9-14H,3-8H2,1-2H3. The number of hydrogen-bond acceptors (Lipinski definition) is 2. The van der Waals surface area contributed by atoms with Crippen molar-refractivity contribution in [1.82, 2.24) is 4.98 Å². The van der Waals surface area contributed by atoms with E-state index >= 15 is 0 Å². The molecule has 2 nitrogen and oxygen atoms in total. The number of pyridine rings is 1. The van der Waals surface area contributed by atoms with Gasteiger partial charge in [0.2, 0.25) is 0 Å². The highest BCUT2D eigenvalue weighted by Gasteiger charge is 2.06. The van der Waals surface area contributed by atoms with E-state index in [0.29, 0.717) is 0 Å². The summed E-state index contributed by atoms with van der Waals surface area (Å²) >= 11 is 0. The fourth-order valence-electron chi connectivity index (χ4n) is 2.50. The summed E-state index contributed by atoms with van der Waals surface area (Å²) in [5.74, 6) is -0.103. The van der Waals surface area contributed by atoms with E-state index in [1.165, 1.54) is 50.8 Å². The molecule has 0 aliphatic rings. The molecule has 0 fully saturated rings. The van der Waals surface area contributed by atoms with Gasteiger partial charge in [-0.25, -0.2) is 4.39 Å². The number of nitrogens with zero attached hydrogens (tertiary/aromatic N) is 1. The van der Waals surface area contributed by atoms with Crippen LogP contribution < -0.4 is 4.74 Å². The Morgan fingerprint density at radius 3 is 2.50 bits per heavy atom. The van der Waals surface area contributed by atoms with Crippen molar-refractivity contribution in [2.45, 2.75) is 45.4 Å². The highest BCUT2D eigenvalue weighted by molar-refractivity contribution is 5.60. The Bertz CT molecular complexity index is 580. The maximum atomic E-state index is 13.7. The van der Waals surface area contributed by atoms with Gasteiger partial charge in [0.1, 0.15) is 0 Å². The van der Waals surface area contributed by atoms with Gasteiger partial charge in [0, 0.05) is 11.8 Å². The van der Waals surface area contributed by atoms with Crippen LogP contribution in [-0.4, -0.2) is 12.1 Å². The lowest BCUT2D eigenvalue weighted by Gasteiger charge is -2.06. The Balaban J connectivity index is 1.95. The molecular weight excluding hydrogens is 277 g/mol. The number of methoxy groups -OCH3 is 1. The van der Waals surface area contributed by atoms with Gasteiger partial charge in [0.25, 0.3) is 0 Å². The van der Waals surface area contributed by atoms with Crippen LogP contribution in [0.25, 0.3) is 11.3 Å². The summed E-state index contributed by atoms with van der Waals surface area (Å²) in [6.07, 6.45) is 9.35. The number of rotatable bonds is 8. The van der Waals surface area contributed by atoms with Gasteiger partial charge < -0.3 is 4.74 Å². The third-order valence-electron chi connectivity index (χ3n) is 3.84. The Kier molecular flexibility index (Phi) is 6.38. The van der Waals surface area contributed by atoms with Gasteiger partial charge in [-0.1, -0.05) is 38.7 Å². The van der Waals surface area contributed by atoms with E-state index in [4.69, 9.17) is 4.74 Å². The highest BCUT2D eigenvalue weighted by Crippen LogP contribution is 2.24. The monoisotopic (exact) mass is 301 g/mol. The first-order chi connectivity index (χ1) is 10.7. The molecule has 1 aromatic heterocycles. The molecule has 0 aliphatic carbocycles. The zero-order valence-electron chi connectivity index (χ0n) is 13.4. The Labute approximate surface area is 132 Å². The number of aromatic nitrogens is 1. The maximum absolute atomic E-state index is 13.7. The molecule has 0 bridgehead atoms. The quantitative estimate of drug-likeness (QED) is 0.608. The summed E-state index contributed by atoms with van der Waals surface area (Å²) in [7, 11) is 1.46. The molecule has 22 heavy (non-hydrogen) atoms. The molecular formula is C19H24FNO. The maximum Gasteiger partial charge on any atom is 0.165 e. The van der Waals surface area contributed by atoms with Crippen molar-refractivity contribution in [1.29, 1.82) is 0 Å². The number of benzene rings is 1. The van der Waals surface area contributed by atoms with Crippen LogP contribution in [0.15, 0.2) is 36.5 Å². The summed E-state index contributed by atoms with van der Waals surface area (Å²) in [6, 6.07) is 8.97. The van der Waals surface area contributed by atoms with E-state index in [-0.39, 0.29) is 11.6 Å². The van der Waals surface area contributed by atoms with Crippen LogP contribution >= 0.6 is 0 Å². The minimum atomic E-state index is -0.359. The summed E-state index contributed by atoms with van der Waals surface area (Å²) < 4.78 is 18.7. The first-order valence-corrected chi connectivity index (χ1v) is 8.03. The molecule has 2 aromatic rings. The molecule has 1 aromatic carbocycles. The summed E-state index contributed by atoms with van der Waals surface area (Å²) in [5.41, 5.74) is 2.80. The van der Waals surface area contributed by atoms with Gasteiger partial charge in [0.15, 0.2) is 11.6 Å². The molecule has 0 radical (unpaired) electrons. The van der Waals surface area contributed by atoms with Crippen LogP contribution in [-0.2, 0) is 6.42 Å². The number of aryl methyl sites for hydroxylation is 1. The minimum absolute atomic E-state index is 0.257. The van der Waals surface area contributed by atoms with E-state index in [1.54, 1.807) is 6.07 Å². The van der Waals surface area contributed by atoms with E-state index in [9.17, 15) is 4.39 Å². The molecule has 0 N–H and O–H groups in total. The van der Waals surface area contributed by atoms with Crippen molar-refractivity contribution in [3.05, 3.63) is 47.9 Å². The first kappa shape index (κ1) is 16.5. The predicted octanol–water partition coefficient (Wildman–Crippen LogP) is 5.41. The van der Waals surface area contributed by atoms with Crippen LogP contribution in [0.4, 0.5) is 4.39 Å². The number of hydrogen-bond donors (Lipinski definition) is 0. The van der Waals surface area contributed by atoms with Crippen LogP contribution in [0.1, 0.15) is 44.6 Å². The van der Waals surface area contributed by atoms with Crippen molar-refractivity contribution in [3.63, 3.8) is 0 Å².